The predicted octanol–water partition coefficient (Wildman–Crippen LogP) is 3.37. The molecule has 0 saturated carbocycles. The van der Waals surface area contributed by atoms with E-state index >= 15 is 0 Å². The number of hydrogen-bond donors (Lipinski definition) is 0. The second kappa shape index (κ2) is 6.72. The third kappa shape index (κ3) is 3.07. The van der Waals surface area contributed by atoms with Gasteiger partial charge in [0, 0.05) is 6.54 Å². The smallest absolute Gasteiger partial charge is 0.337 e. The minimum Gasteiger partial charge on any atom is -0.465 e. The van der Waals surface area contributed by atoms with Gasteiger partial charge in [-0.15, -0.1) is 0 Å². The third-order valence-corrected chi connectivity index (χ3v) is 6.47. The van der Waals surface area contributed by atoms with Crippen LogP contribution in [0.15, 0.2) is 35.2 Å². The highest BCUT2D eigenvalue weighted by atomic mass is 32.2. The predicted molar refractivity (Wildman–Crippen MR) is 96.5 cm³/mol. The summed E-state index contributed by atoms with van der Waals surface area (Å²) in [5.41, 5.74) is 2.26. The van der Waals surface area contributed by atoms with Gasteiger partial charge in [-0.1, -0.05) is 6.07 Å². The van der Waals surface area contributed by atoms with Crippen molar-refractivity contribution >= 4 is 21.7 Å². The number of benzene rings is 2. The summed E-state index contributed by atoms with van der Waals surface area (Å²) >= 11 is 0. The highest BCUT2D eigenvalue weighted by Crippen LogP contribution is 2.35. The lowest BCUT2D eigenvalue weighted by Crippen LogP contribution is -2.36. The fourth-order valence-corrected chi connectivity index (χ4v) is 5.10. The van der Waals surface area contributed by atoms with Crippen LogP contribution in [0.2, 0.25) is 0 Å². The van der Waals surface area contributed by atoms with Gasteiger partial charge in [0.1, 0.15) is 5.82 Å². The molecule has 0 bridgehead atoms. The Balaban J connectivity index is 2.10. The van der Waals surface area contributed by atoms with E-state index in [1.807, 2.05) is 6.07 Å². The third-order valence-electron chi connectivity index (χ3n) is 4.51. The minimum absolute atomic E-state index is 0.0537. The van der Waals surface area contributed by atoms with Crippen LogP contribution in [0.4, 0.5) is 10.1 Å². The Kier molecular flexibility index (Phi) is 4.75. The summed E-state index contributed by atoms with van der Waals surface area (Å²) in [7, 11) is -2.69. The van der Waals surface area contributed by atoms with Crippen LogP contribution in [0.25, 0.3) is 0 Å². The van der Waals surface area contributed by atoms with Gasteiger partial charge in [0.25, 0.3) is 10.0 Å². The standard InChI is InChI=1S/C19H20FNO4S/c1-12-9-14-5-4-8-21(18(14)16(20)10-12)26(23,24)17-7-6-15(11-13(17)2)19(22)25-3/h6-7,9-11H,4-5,8H2,1-3H3. The van der Waals surface area contributed by atoms with Crippen LogP contribution in [-0.2, 0) is 21.2 Å². The van der Waals surface area contributed by atoms with Gasteiger partial charge in [-0.2, -0.15) is 0 Å². The molecule has 7 heteroatoms. The molecule has 0 radical (unpaired) electrons. The summed E-state index contributed by atoms with van der Waals surface area (Å²) in [5, 5.41) is 0. The number of hydrogen-bond acceptors (Lipinski definition) is 4. The number of nitrogens with zero attached hydrogens (tertiary/aromatic N) is 1. The molecule has 0 atom stereocenters. The van der Waals surface area contributed by atoms with E-state index in [0.29, 0.717) is 24.0 Å². The molecule has 1 aliphatic heterocycles. The van der Waals surface area contributed by atoms with E-state index in [2.05, 4.69) is 4.74 Å². The van der Waals surface area contributed by atoms with Gasteiger partial charge in [0.15, 0.2) is 0 Å². The van der Waals surface area contributed by atoms with Crippen LogP contribution < -0.4 is 4.31 Å². The number of methoxy groups -OCH3 is 1. The van der Waals surface area contributed by atoms with E-state index in [1.165, 1.54) is 31.4 Å². The van der Waals surface area contributed by atoms with E-state index in [0.717, 1.165) is 9.87 Å². The molecule has 1 aliphatic rings. The lowest BCUT2D eigenvalue weighted by atomic mass is 10.0. The number of aryl methyl sites for hydroxylation is 3. The van der Waals surface area contributed by atoms with Crippen molar-refractivity contribution in [1.82, 2.24) is 0 Å². The number of ether oxygens (including phenoxy) is 1. The highest BCUT2D eigenvalue weighted by Gasteiger charge is 2.32. The molecular formula is C19H20FNO4S. The first-order valence-electron chi connectivity index (χ1n) is 8.26. The molecular weight excluding hydrogens is 357 g/mol. The molecule has 0 aromatic heterocycles. The van der Waals surface area contributed by atoms with Gasteiger partial charge >= 0.3 is 5.97 Å². The Hall–Kier alpha value is -2.41. The Bertz CT molecular complexity index is 985. The SMILES string of the molecule is COC(=O)c1ccc(S(=O)(=O)N2CCCc3cc(C)cc(F)c32)c(C)c1. The molecule has 2 aromatic carbocycles. The summed E-state index contributed by atoms with van der Waals surface area (Å²) in [4.78, 5) is 11.7. The Morgan fingerprint density at radius 1 is 1.19 bits per heavy atom. The van der Waals surface area contributed by atoms with E-state index in [1.54, 1.807) is 13.8 Å². The van der Waals surface area contributed by atoms with Crippen molar-refractivity contribution in [3.8, 4) is 0 Å². The van der Waals surface area contributed by atoms with Gasteiger partial charge < -0.3 is 4.74 Å². The molecule has 0 aliphatic carbocycles. The zero-order chi connectivity index (χ0) is 19.1. The Morgan fingerprint density at radius 3 is 2.58 bits per heavy atom. The molecule has 3 rings (SSSR count). The largest absolute Gasteiger partial charge is 0.465 e. The minimum atomic E-state index is -3.95. The van der Waals surface area contributed by atoms with Crippen molar-refractivity contribution in [2.24, 2.45) is 0 Å². The molecule has 2 aromatic rings. The summed E-state index contributed by atoms with van der Waals surface area (Å²) in [6.45, 7) is 3.61. The monoisotopic (exact) mass is 377 g/mol. The summed E-state index contributed by atoms with van der Waals surface area (Å²) < 4.78 is 46.8. The zero-order valence-corrected chi connectivity index (χ0v) is 15.7. The fourth-order valence-electron chi connectivity index (χ4n) is 3.34. The molecule has 0 unspecified atom stereocenters. The molecule has 0 N–H and O–H groups in total. The van der Waals surface area contributed by atoms with Gasteiger partial charge in [-0.05, 0) is 67.6 Å². The average molecular weight is 377 g/mol. The van der Waals surface area contributed by atoms with Gasteiger partial charge in [-0.3, -0.25) is 4.31 Å². The van der Waals surface area contributed by atoms with Crippen LogP contribution in [0.3, 0.4) is 0 Å². The van der Waals surface area contributed by atoms with Crippen LogP contribution in [0.5, 0.6) is 0 Å². The summed E-state index contributed by atoms with van der Waals surface area (Å²) in [6, 6.07) is 7.42. The lowest BCUT2D eigenvalue weighted by molar-refractivity contribution is 0.0600. The van der Waals surface area contributed by atoms with Crippen molar-refractivity contribution in [2.75, 3.05) is 18.0 Å². The van der Waals surface area contributed by atoms with Gasteiger partial charge in [0.2, 0.25) is 0 Å². The van der Waals surface area contributed by atoms with E-state index < -0.39 is 21.8 Å². The number of rotatable bonds is 3. The van der Waals surface area contributed by atoms with E-state index in [9.17, 15) is 17.6 Å². The zero-order valence-electron chi connectivity index (χ0n) is 14.9. The van der Waals surface area contributed by atoms with Crippen LogP contribution in [-0.4, -0.2) is 28.0 Å². The molecule has 0 amide bonds. The Labute approximate surface area is 152 Å². The number of carbonyl (C=O) groups excluding carboxylic acids is 1. The van der Waals surface area contributed by atoms with Crippen molar-refractivity contribution in [1.29, 1.82) is 0 Å². The normalized spacial score (nSPS) is 14.1. The molecule has 0 spiro atoms. The van der Waals surface area contributed by atoms with E-state index in [-0.39, 0.29) is 22.7 Å². The maximum Gasteiger partial charge on any atom is 0.337 e. The number of anilines is 1. The second-order valence-corrected chi connectivity index (χ2v) is 8.24. The van der Waals surface area contributed by atoms with Crippen molar-refractivity contribution < 1.29 is 22.3 Å². The Morgan fingerprint density at radius 2 is 1.92 bits per heavy atom. The first kappa shape index (κ1) is 18.4. The first-order valence-corrected chi connectivity index (χ1v) is 9.70. The van der Waals surface area contributed by atoms with Crippen LogP contribution in [0.1, 0.15) is 33.5 Å². The fraction of sp³-hybridized carbons (Fsp3) is 0.316. The van der Waals surface area contributed by atoms with Crippen LogP contribution in [0, 0.1) is 19.7 Å². The quantitative estimate of drug-likeness (QED) is 0.770. The highest BCUT2D eigenvalue weighted by molar-refractivity contribution is 7.92. The first-order chi connectivity index (χ1) is 12.3. The molecule has 0 fully saturated rings. The van der Waals surface area contributed by atoms with Crippen molar-refractivity contribution in [3.63, 3.8) is 0 Å². The number of sulfonamides is 1. The maximum atomic E-state index is 14.6. The molecule has 1 heterocycles. The number of esters is 1. The summed E-state index contributed by atoms with van der Waals surface area (Å²) in [5.74, 6) is -1.08. The second-order valence-electron chi connectivity index (χ2n) is 6.41. The average Bonchev–Trinajstić information content (AvgIpc) is 2.59. The molecule has 138 valence electrons. The molecule has 0 saturated heterocycles. The lowest BCUT2D eigenvalue weighted by Gasteiger charge is -2.31. The van der Waals surface area contributed by atoms with Gasteiger partial charge in [-0.25, -0.2) is 17.6 Å². The molecule has 5 nitrogen and oxygen atoms in total. The number of fused-ring (bicyclic) bond motifs is 1. The van der Waals surface area contributed by atoms with E-state index in [4.69, 9.17) is 0 Å². The number of halogens is 1. The topological polar surface area (TPSA) is 63.7 Å². The number of carbonyl (C=O) groups is 1. The van der Waals surface area contributed by atoms with Crippen LogP contribution >= 0.6 is 0 Å². The molecule has 26 heavy (non-hydrogen) atoms. The van der Waals surface area contributed by atoms with Crippen molar-refractivity contribution in [3.05, 3.63) is 58.4 Å². The van der Waals surface area contributed by atoms with Gasteiger partial charge in [0.05, 0.1) is 23.3 Å². The summed E-state index contributed by atoms with van der Waals surface area (Å²) in [6.07, 6.45) is 1.26. The van der Waals surface area contributed by atoms with Crippen molar-refractivity contribution in [2.45, 2.75) is 31.6 Å². The maximum absolute atomic E-state index is 14.6.